The van der Waals surface area contributed by atoms with Gasteiger partial charge in [0.1, 0.15) is 11.5 Å². The van der Waals surface area contributed by atoms with E-state index in [2.05, 4.69) is 27.1 Å². The van der Waals surface area contributed by atoms with E-state index in [4.69, 9.17) is 9.15 Å². The van der Waals surface area contributed by atoms with Gasteiger partial charge in [0.05, 0.1) is 18.1 Å². The highest BCUT2D eigenvalue weighted by atomic mass is 32.2. The Bertz CT molecular complexity index is 817. The third-order valence-electron chi connectivity index (χ3n) is 5.35. The lowest BCUT2D eigenvalue weighted by molar-refractivity contribution is -0.118. The van der Waals surface area contributed by atoms with Gasteiger partial charge in [-0.15, -0.1) is 11.8 Å². The summed E-state index contributed by atoms with van der Waals surface area (Å²) in [6.07, 6.45) is 0.994. The molecule has 31 heavy (non-hydrogen) atoms. The summed E-state index contributed by atoms with van der Waals surface area (Å²) < 4.78 is 11.3. The van der Waals surface area contributed by atoms with Crippen molar-refractivity contribution in [1.82, 2.24) is 20.1 Å². The van der Waals surface area contributed by atoms with Gasteiger partial charge >= 0.3 is 0 Å². The van der Waals surface area contributed by atoms with Crippen molar-refractivity contribution in [1.29, 1.82) is 0 Å². The van der Waals surface area contributed by atoms with Gasteiger partial charge in [-0.25, -0.2) is 4.98 Å². The second-order valence-corrected chi connectivity index (χ2v) is 8.81. The maximum absolute atomic E-state index is 12.1. The van der Waals surface area contributed by atoms with E-state index in [0.717, 1.165) is 68.5 Å². The minimum absolute atomic E-state index is 0.0799. The number of aryl methyl sites for hydroxylation is 1. The fourth-order valence-electron chi connectivity index (χ4n) is 3.44. The van der Waals surface area contributed by atoms with Gasteiger partial charge in [-0.05, 0) is 58.1 Å². The van der Waals surface area contributed by atoms with Crippen molar-refractivity contribution < 1.29 is 13.9 Å². The summed E-state index contributed by atoms with van der Waals surface area (Å²) in [5.74, 6) is 3.39. The number of benzene rings is 1. The number of aromatic nitrogens is 1. The number of nitrogens with one attached hydrogen (secondary N) is 1. The Labute approximate surface area is 189 Å². The van der Waals surface area contributed by atoms with Crippen molar-refractivity contribution >= 4 is 17.7 Å². The van der Waals surface area contributed by atoms with Crippen LogP contribution in [0.15, 0.2) is 28.7 Å². The Hall–Kier alpha value is -2.03. The Morgan fingerprint density at radius 2 is 1.97 bits per heavy atom. The van der Waals surface area contributed by atoms with Crippen LogP contribution < -0.4 is 10.1 Å². The second kappa shape index (κ2) is 12.1. The first-order valence-corrected chi connectivity index (χ1v) is 12.2. The van der Waals surface area contributed by atoms with Gasteiger partial charge in [0.2, 0.25) is 11.8 Å². The number of rotatable bonds is 11. The molecule has 0 bridgehead atoms. The number of likely N-dealkylation sites (N-methyl/N-ethyl adjacent to an activating group) is 1. The molecule has 1 N–H and O–H groups in total. The zero-order chi connectivity index (χ0) is 22.1. The van der Waals surface area contributed by atoms with Gasteiger partial charge in [-0.3, -0.25) is 4.79 Å². The van der Waals surface area contributed by atoms with E-state index >= 15 is 0 Å². The summed E-state index contributed by atoms with van der Waals surface area (Å²) in [5.41, 5.74) is 1.80. The Morgan fingerprint density at radius 1 is 1.23 bits per heavy atom. The van der Waals surface area contributed by atoms with Crippen LogP contribution in [0.1, 0.15) is 24.8 Å². The molecule has 0 atom stereocenters. The van der Waals surface area contributed by atoms with E-state index < -0.39 is 0 Å². The molecule has 1 saturated heterocycles. The first-order chi connectivity index (χ1) is 15.0. The Balaban J connectivity index is 1.35. The Kier molecular flexibility index (Phi) is 9.24. The summed E-state index contributed by atoms with van der Waals surface area (Å²) in [6.45, 7) is 10.8. The van der Waals surface area contributed by atoms with Gasteiger partial charge in [0.15, 0.2) is 0 Å². The van der Waals surface area contributed by atoms with Crippen LogP contribution in [-0.2, 0) is 10.5 Å². The van der Waals surface area contributed by atoms with Crippen molar-refractivity contribution in [3.05, 3.63) is 35.7 Å². The number of ether oxygens (including phenoxy) is 1. The molecule has 1 aliphatic rings. The second-order valence-electron chi connectivity index (χ2n) is 7.82. The summed E-state index contributed by atoms with van der Waals surface area (Å²) in [7, 11) is 2.16. The van der Waals surface area contributed by atoms with Crippen LogP contribution in [0.5, 0.6) is 5.75 Å². The smallest absolute Gasteiger partial charge is 0.230 e. The molecule has 8 heteroatoms. The Morgan fingerprint density at radius 3 is 2.68 bits per heavy atom. The summed E-state index contributed by atoms with van der Waals surface area (Å²) >= 11 is 1.56. The molecule has 0 aliphatic carbocycles. The minimum Gasteiger partial charge on any atom is -0.494 e. The van der Waals surface area contributed by atoms with Crippen molar-refractivity contribution in [2.45, 2.75) is 26.0 Å². The van der Waals surface area contributed by atoms with Crippen LogP contribution in [-0.4, -0.2) is 79.4 Å². The SMILES string of the molecule is CCOc1ccc(-c2nc(CSCC(=O)NCCCN3CCN(C)CC3)c(C)o2)cc1. The van der Waals surface area contributed by atoms with E-state index in [0.29, 0.717) is 24.0 Å². The fourth-order valence-corrected chi connectivity index (χ4v) is 4.29. The molecule has 3 rings (SSSR count). The number of oxazole rings is 1. The maximum atomic E-state index is 12.1. The van der Waals surface area contributed by atoms with E-state index in [1.807, 2.05) is 38.1 Å². The zero-order valence-corrected chi connectivity index (χ0v) is 19.7. The fraction of sp³-hybridized carbons (Fsp3) is 0.565. The van der Waals surface area contributed by atoms with E-state index in [1.165, 1.54) is 0 Å². The van der Waals surface area contributed by atoms with Crippen LogP contribution >= 0.6 is 11.8 Å². The molecule has 2 heterocycles. The third-order valence-corrected chi connectivity index (χ3v) is 6.29. The van der Waals surface area contributed by atoms with Crippen molar-refractivity contribution in [3.63, 3.8) is 0 Å². The highest BCUT2D eigenvalue weighted by Crippen LogP contribution is 2.26. The molecule has 2 aromatic rings. The zero-order valence-electron chi connectivity index (χ0n) is 18.9. The predicted octanol–water partition coefficient (Wildman–Crippen LogP) is 3.04. The van der Waals surface area contributed by atoms with Crippen LogP contribution in [0.25, 0.3) is 11.5 Å². The predicted molar refractivity (Wildman–Crippen MR) is 126 cm³/mol. The molecule has 1 aromatic heterocycles. The number of carbonyl (C=O) groups is 1. The van der Waals surface area contributed by atoms with Gasteiger partial charge in [0.25, 0.3) is 0 Å². The molecular weight excluding hydrogens is 412 g/mol. The average Bonchev–Trinajstić information content (AvgIpc) is 3.14. The van der Waals surface area contributed by atoms with Gasteiger partial charge in [-0.2, -0.15) is 0 Å². The quantitative estimate of drug-likeness (QED) is 0.532. The van der Waals surface area contributed by atoms with Crippen LogP contribution in [0.2, 0.25) is 0 Å². The van der Waals surface area contributed by atoms with Crippen LogP contribution in [0.4, 0.5) is 0 Å². The number of amides is 1. The van der Waals surface area contributed by atoms with E-state index in [-0.39, 0.29) is 5.91 Å². The maximum Gasteiger partial charge on any atom is 0.230 e. The standard InChI is InChI=1S/C23H34N4O3S/c1-4-29-20-8-6-19(7-9-20)23-25-21(18(2)30-23)16-31-17-22(28)24-10-5-11-27-14-12-26(3)13-15-27/h6-9H,4-5,10-17H2,1-3H3,(H,24,28). The molecule has 0 spiro atoms. The molecule has 1 aromatic carbocycles. The van der Waals surface area contributed by atoms with E-state index in [1.54, 1.807) is 11.8 Å². The molecule has 1 aliphatic heterocycles. The van der Waals surface area contributed by atoms with Gasteiger partial charge in [-0.1, -0.05) is 0 Å². The average molecular weight is 447 g/mol. The molecule has 0 saturated carbocycles. The molecular formula is C23H34N4O3S. The molecule has 1 fully saturated rings. The number of nitrogens with zero attached hydrogens (tertiary/aromatic N) is 3. The monoisotopic (exact) mass is 446 g/mol. The summed E-state index contributed by atoms with van der Waals surface area (Å²) in [4.78, 5) is 21.6. The number of thioether (sulfide) groups is 1. The summed E-state index contributed by atoms with van der Waals surface area (Å²) in [6, 6.07) is 7.73. The van der Waals surface area contributed by atoms with Gasteiger partial charge in [0, 0.05) is 44.0 Å². The molecule has 170 valence electrons. The normalized spacial score (nSPS) is 15.2. The number of carbonyl (C=O) groups excluding carboxylic acids is 1. The molecule has 1 amide bonds. The van der Waals surface area contributed by atoms with E-state index in [9.17, 15) is 4.79 Å². The topological polar surface area (TPSA) is 70.8 Å². The molecule has 7 nitrogen and oxygen atoms in total. The summed E-state index contributed by atoms with van der Waals surface area (Å²) in [5, 5.41) is 3.03. The first-order valence-electron chi connectivity index (χ1n) is 11.0. The van der Waals surface area contributed by atoms with Crippen molar-refractivity contribution in [2.75, 3.05) is 58.7 Å². The molecule has 0 radical (unpaired) electrons. The lowest BCUT2D eigenvalue weighted by Gasteiger charge is -2.32. The lowest BCUT2D eigenvalue weighted by Crippen LogP contribution is -2.45. The van der Waals surface area contributed by atoms with Crippen LogP contribution in [0.3, 0.4) is 0 Å². The largest absolute Gasteiger partial charge is 0.494 e. The minimum atomic E-state index is 0.0799. The highest BCUT2D eigenvalue weighted by molar-refractivity contribution is 7.99. The van der Waals surface area contributed by atoms with Crippen molar-refractivity contribution in [3.8, 4) is 17.2 Å². The third kappa shape index (κ3) is 7.55. The first kappa shape index (κ1) is 23.6. The van der Waals surface area contributed by atoms with Crippen molar-refractivity contribution in [2.24, 2.45) is 0 Å². The number of hydrogen-bond acceptors (Lipinski definition) is 7. The lowest BCUT2D eigenvalue weighted by atomic mass is 10.2. The highest BCUT2D eigenvalue weighted by Gasteiger charge is 2.14. The van der Waals surface area contributed by atoms with Gasteiger partial charge < -0.3 is 24.3 Å². The molecule has 0 unspecified atom stereocenters. The van der Waals surface area contributed by atoms with Crippen LogP contribution in [0, 0.1) is 6.92 Å². The number of hydrogen-bond donors (Lipinski definition) is 1. The number of piperazine rings is 1.